The van der Waals surface area contributed by atoms with E-state index in [0.29, 0.717) is 93.7 Å². The number of amides is 7. The monoisotopic (exact) mass is 1310 g/mol. The van der Waals surface area contributed by atoms with Gasteiger partial charge in [0.25, 0.3) is 5.91 Å². The molecule has 2 aromatic heterocycles. The van der Waals surface area contributed by atoms with Crippen LogP contribution in [0.1, 0.15) is 93.6 Å². The van der Waals surface area contributed by atoms with Crippen LogP contribution in [0.2, 0.25) is 0 Å². The lowest BCUT2D eigenvalue weighted by atomic mass is 9.81. The van der Waals surface area contributed by atoms with E-state index in [1.54, 1.807) is 58.3 Å². The number of benzene rings is 5. The minimum Gasteiger partial charge on any atom is -0.465 e. The second-order valence-electron chi connectivity index (χ2n) is 24.0. The second kappa shape index (κ2) is 31.3. The Morgan fingerprint density at radius 1 is 0.692 bits per heavy atom. The van der Waals surface area contributed by atoms with Gasteiger partial charge >= 0.3 is 12.2 Å². The number of carbonyl (C=O) groups excluding carboxylic acids is 6. The highest BCUT2D eigenvalue weighted by Crippen LogP contribution is 2.34. The predicted molar refractivity (Wildman–Crippen MR) is 342 cm³/mol. The van der Waals surface area contributed by atoms with Crippen LogP contribution in [0.4, 0.5) is 21.0 Å². The molecule has 9 N–H and O–H groups in total. The van der Waals surface area contributed by atoms with Crippen LogP contribution in [-0.2, 0) is 41.5 Å². The van der Waals surface area contributed by atoms with Gasteiger partial charge in [0.2, 0.25) is 35.3 Å². The number of alkyl carbamates (subject to hydrolysis) is 1. The third-order valence-electron chi connectivity index (χ3n) is 16.3. The van der Waals surface area contributed by atoms with Gasteiger partial charge in [0.05, 0.1) is 13.2 Å². The Labute approximate surface area is 534 Å². The number of tetrazole rings is 2. The molecule has 91 heavy (non-hydrogen) atoms. The van der Waals surface area contributed by atoms with Crippen molar-refractivity contribution in [2.75, 3.05) is 49.6 Å². The second-order valence-corrected chi connectivity index (χ2v) is 24.9. The number of rotatable bonds is 20. The fraction of sp³-hybridized carbons (Fsp3) is 0.400. The summed E-state index contributed by atoms with van der Waals surface area (Å²) in [7, 11) is 0. The van der Waals surface area contributed by atoms with Gasteiger partial charge in [0, 0.05) is 83.4 Å². The number of nitrogens with one attached hydrogen (secondary N) is 6. The van der Waals surface area contributed by atoms with Crippen molar-refractivity contribution in [3.8, 4) is 33.9 Å². The maximum absolute atomic E-state index is 14.1. The fourth-order valence-corrected chi connectivity index (χ4v) is 12.0. The van der Waals surface area contributed by atoms with Gasteiger partial charge in [-0.1, -0.05) is 64.5 Å². The molecule has 7 amide bonds. The molecule has 10 rings (SSSR count). The maximum Gasteiger partial charge on any atom is 0.407 e. The number of ether oxygens (including phenoxy) is 2. The number of aromatic amines is 2. The zero-order valence-electron chi connectivity index (χ0n) is 51.0. The average molecular weight is 1310 g/mol. The smallest absolute Gasteiger partial charge is 0.407 e. The Hall–Kier alpha value is -9.43. The van der Waals surface area contributed by atoms with Crippen LogP contribution in [0.3, 0.4) is 0 Å². The first-order valence-electron chi connectivity index (χ1n) is 30.5. The molecule has 1 saturated heterocycles. The first-order valence-corrected chi connectivity index (χ1v) is 31.3. The van der Waals surface area contributed by atoms with Gasteiger partial charge in [0.15, 0.2) is 0 Å². The molecular weight excluding hydrogens is 1230 g/mol. The zero-order valence-corrected chi connectivity index (χ0v) is 52.6. The summed E-state index contributed by atoms with van der Waals surface area (Å²) in [4.78, 5) is 93.8. The zero-order chi connectivity index (χ0) is 64.4. The molecule has 26 heteroatoms. The fourth-order valence-electron chi connectivity index (χ4n) is 11.5. The minimum atomic E-state index is -1.05. The first kappa shape index (κ1) is 66.0. The van der Waals surface area contributed by atoms with E-state index in [-0.39, 0.29) is 60.1 Å². The number of hydrogen-bond acceptors (Lipinski definition) is 15. The quantitative estimate of drug-likeness (QED) is 0.0357. The number of morpholine rings is 1. The molecule has 2 atom stereocenters. The summed E-state index contributed by atoms with van der Waals surface area (Å²) in [5.41, 5.74) is 12.0. The Kier molecular flexibility index (Phi) is 22.7. The summed E-state index contributed by atoms with van der Waals surface area (Å²) >= 11 is 3.48. The van der Waals surface area contributed by atoms with E-state index in [1.807, 2.05) is 93.6 Å². The third-order valence-corrected chi connectivity index (χ3v) is 16.8. The molecule has 3 aliphatic rings. The van der Waals surface area contributed by atoms with Crippen molar-refractivity contribution in [1.82, 2.24) is 62.1 Å². The Bertz CT molecular complexity index is 3580. The van der Waals surface area contributed by atoms with Gasteiger partial charge in [-0.05, 0) is 189 Å². The lowest BCUT2D eigenvalue weighted by molar-refractivity contribution is -0.130. The number of carboxylic acid groups (broad SMARTS) is 1. The Balaban J connectivity index is 0.000000220. The van der Waals surface area contributed by atoms with E-state index in [4.69, 9.17) is 20.3 Å². The molecular formula is C65H76BrN15O10. The molecule has 1 aliphatic heterocycles. The lowest BCUT2D eigenvalue weighted by Gasteiger charge is -2.36. The number of primary amides is 1. The van der Waals surface area contributed by atoms with E-state index >= 15 is 0 Å². The van der Waals surface area contributed by atoms with Crippen LogP contribution >= 0.6 is 15.9 Å². The summed E-state index contributed by atoms with van der Waals surface area (Å²) < 4.78 is 11.6. The molecule has 7 aromatic rings. The summed E-state index contributed by atoms with van der Waals surface area (Å²) in [6.45, 7) is 8.48. The highest BCUT2D eigenvalue weighted by Gasteiger charge is 2.37. The van der Waals surface area contributed by atoms with Crippen LogP contribution in [0.25, 0.3) is 33.9 Å². The van der Waals surface area contributed by atoms with E-state index in [1.165, 1.54) is 0 Å². The summed E-state index contributed by atoms with van der Waals surface area (Å²) in [6, 6.07) is 35.2. The first-order chi connectivity index (χ1) is 43.8. The van der Waals surface area contributed by atoms with Crippen molar-refractivity contribution in [3.05, 3.63) is 142 Å². The van der Waals surface area contributed by atoms with Crippen LogP contribution < -0.4 is 31.9 Å². The van der Waals surface area contributed by atoms with Gasteiger partial charge in [-0.15, -0.1) is 20.4 Å². The molecule has 3 fully saturated rings. The highest BCUT2D eigenvalue weighted by molar-refractivity contribution is 9.10. The number of nitrogens with two attached hydrogens (primary N) is 1. The normalized spacial score (nSPS) is 18.0. The molecule has 0 bridgehead atoms. The van der Waals surface area contributed by atoms with Crippen molar-refractivity contribution in [3.63, 3.8) is 0 Å². The van der Waals surface area contributed by atoms with Crippen molar-refractivity contribution in [2.45, 2.75) is 103 Å². The van der Waals surface area contributed by atoms with Crippen molar-refractivity contribution in [1.29, 1.82) is 0 Å². The third kappa shape index (κ3) is 19.1. The topological polar surface area (TPSA) is 348 Å². The molecule has 5 aromatic carbocycles. The van der Waals surface area contributed by atoms with E-state index in [9.17, 15) is 33.6 Å². The molecule has 3 heterocycles. The molecule has 2 aliphatic carbocycles. The van der Waals surface area contributed by atoms with Crippen LogP contribution in [0, 0.1) is 23.7 Å². The number of hydrogen-bond donors (Lipinski definition) is 8. The van der Waals surface area contributed by atoms with Crippen LogP contribution in [-0.4, -0.2) is 150 Å². The van der Waals surface area contributed by atoms with Crippen molar-refractivity contribution in [2.24, 2.45) is 29.4 Å². The van der Waals surface area contributed by atoms with Crippen molar-refractivity contribution < 1.29 is 48.1 Å². The molecule has 0 radical (unpaired) electrons. The highest BCUT2D eigenvalue weighted by atomic mass is 79.9. The average Bonchev–Trinajstić information content (AvgIpc) is 2.19. The van der Waals surface area contributed by atoms with Gasteiger partial charge in [-0.2, -0.15) is 10.4 Å². The lowest BCUT2D eigenvalue weighted by Crippen LogP contribution is -2.52. The Morgan fingerprint density at radius 2 is 1.25 bits per heavy atom. The minimum absolute atomic E-state index is 0.0386. The summed E-state index contributed by atoms with van der Waals surface area (Å²) in [5.74, 6) is -0.633. The van der Waals surface area contributed by atoms with Gasteiger partial charge in [0.1, 0.15) is 17.7 Å². The molecule has 0 spiro atoms. The van der Waals surface area contributed by atoms with Crippen LogP contribution in [0.15, 0.2) is 126 Å². The number of anilines is 2. The van der Waals surface area contributed by atoms with Gasteiger partial charge in [-0.25, -0.2) is 9.59 Å². The number of aromatic nitrogens is 8. The number of H-pyrrole nitrogens is 2. The standard InChI is InChI=1S/C36H40N8O6.C29H36BrN7O4/c45-33(26-9-7-23(8-10-26)22-37-36(48)49)39-31(34(46)38-30-13-11-25(12-14-30)32-40-42-43-41-32)20-24-3-1-4-27(19-24)28-5-2-6-29(21-28)35(47)44-15-17-50-18-16-44;1-29(2,3)41-28(40)32-17-18-7-9-21(10-8-18)27(39)37(23-13-11-20(12-14-23)26-33-35-36-34-26)24(25(31)38)16-19-5-4-6-22(30)15-19/h1-6,11-14,19,21,23,26,31,37H,7-10,15-18,20,22H2,(H,38,46)(H,39,45)(H,48,49)(H,40,41,42,43);4-6,11-15,18,21,24H,7-10,16-17H2,1-3H3,(H2,31,38)(H,32,40)(H,33,34,35,36)/t23?,26?,31-;18?,21?,24-/m00/s1. The predicted octanol–water partition coefficient (Wildman–Crippen LogP) is 8.14. The van der Waals surface area contributed by atoms with Gasteiger partial charge < -0.3 is 46.5 Å². The number of nitrogens with zero attached hydrogens (tertiary/aromatic N) is 8. The van der Waals surface area contributed by atoms with E-state index in [0.717, 1.165) is 63.5 Å². The number of carbonyl (C=O) groups is 7. The SMILES string of the molecule is CC(C)(C)OC(=O)NCC1CCC(C(=O)N(c2ccc(-c3nn[nH]n3)cc2)[C@@H](Cc2cccc(Br)c2)C(N)=O)CC1.O=C(O)NCC1CCC(C(=O)N[C@@H](Cc2cccc(-c3cccc(C(=O)N4CCOCC4)c3)c2)C(=O)Nc2ccc(-c3nn[nH]n3)cc2)CC1. The largest absolute Gasteiger partial charge is 0.465 e. The van der Waals surface area contributed by atoms with E-state index < -0.39 is 35.8 Å². The van der Waals surface area contributed by atoms with Crippen molar-refractivity contribution >= 4 is 69.0 Å². The molecule has 0 unspecified atom stereocenters. The summed E-state index contributed by atoms with van der Waals surface area (Å²) in [6.07, 6.45) is 4.47. The molecule has 25 nitrogen and oxygen atoms in total. The maximum atomic E-state index is 14.1. The molecule has 478 valence electrons. The summed E-state index contributed by atoms with van der Waals surface area (Å²) in [5, 5.41) is 48.2. The van der Waals surface area contributed by atoms with Gasteiger partial charge in [-0.3, -0.25) is 28.9 Å². The molecule has 2 saturated carbocycles. The van der Waals surface area contributed by atoms with E-state index in [2.05, 4.69) is 78.4 Å². The number of halogens is 1. The Morgan fingerprint density at radius 3 is 1.82 bits per heavy atom. The van der Waals surface area contributed by atoms with Crippen LogP contribution in [0.5, 0.6) is 0 Å².